The van der Waals surface area contributed by atoms with Gasteiger partial charge in [-0.1, -0.05) is 85.0 Å². The number of hydrogen-bond donors (Lipinski definition) is 0. The smallest absolute Gasteiger partial charge is 0.332 e. The zero-order valence-electron chi connectivity index (χ0n) is 23.2. The summed E-state index contributed by atoms with van der Waals surface area (Å²) >= 11 is 0. The highest BCUT2D eigenvalue weighted by atomic mass is 16.6. The van der Waals surface area contributed by atoms with E-state index < -0.39 is 11.9 Å². The van der Waals surface area contributed by atoms with Crippen LogP contribution in [0.3, 0.4) is 0 Å². The lowest BCUT2D eigenvalue weighted by Gasteiger charge is -2.31. The maximum Gasteiger partial charge on any atom is 0.332 e. The minimum absolute atomic E-state index is 0.213. The minimum Gasteiger partial charge on any atom is -0.443 e. The van der Waals surface area contributed by atoms with Crippen LogP contribution in [0.1, 0.15) is 35.8 Å². The Labute approximate surface area is 236 Å². The van der Waals surface area contributed by atoms with Crippen LogP contribution in [0.5, 0.6) is 0 Å². The highest BCUT2D eigenvalue weighted by Gasteiger charge is 2.47. The van der Waals surface area contributed by atoms with Crippen molar-refractivity contribution < 1.29 is 19.1 Å². The average molecular weight is 539 g/mol. The van der Waals surface area contributed by atoms with Gasteiger partial charge in [-0.3, -0.25) is 9.80 Å². The van der Waals surface area contributed by atoms with Gasteiger partial charge in [0.1, 0.15) is 0 Å². The SMILES string of the molecule is CN1CC2C(c3ccccc3)C=CCC2C1OC(=O)/C=C/C(=O)OC1C2CC=CC(c3ccccc3)C2CN1C. The van der Waals surface area contributed by atoms with E-state index in [1.807, 2.05) is 26.2 Å². The topological polar surface area (TPSA) is 59.1 Å². The Morgan fingerprint density at radius 2 is 1.05 bits per heavy atom. The number of carbonyl (C=O) groups excluding carboxylic acids is 2. The summed E-state index contributed by atoms with van der Waals surface area (Å²) in [6.45, 7) is 1.71. The number of likely N-dealkylation sites (tertiary alicyclic amines) is 2. The molecule has 2 heterocycles. The number of rotatable bonds is 6. The number of ether oxygens (including phenoxy) is 2. The van der Waals surface area contributed by atoms with E-state index in [1.54, 1.807) is 0 Å². The molecule has 208 valence electrons. The summed E-state index contributed by atoms with van der Waals surface area (Å²) in [4.78, 5) is 29.9. The van der Waals surface area contributed by atoms with Gasteiger partial charge < -0.3 is 9.47 Å². The zero-order valence-corrected chi connectivity index (χ0v) is 23.2. The molecule has 2 aromatic rings. The van der Waals surface area contributed by atoms with Crippen LogP contribution in [-0.2, 0) is 19.1 Å². The number of nitrogens with zero attached hydrogens (tertiary/aromatic N) is 2. The van der Waals surface area contributed by atoms with Gasteiger partial charge in [0.05, 0.1) is 0 Å². The molecule has 6 nitrogen and oxygen atoms in total. The molecule has 0 aromatic heterocycles. The molecule has 0 amide bonds. The van der Waals surface area contributed by atoms with Gasteiger partial charge in [0.15, 0.2) is 12.5 Å². The summed E-state index contributed by atoms with van der Waals surface area (Å²) in [6, 6.07) is 21.0. The third kappa shape index (κ3) is 5.30. The fourth-order valence-corrected chi connectivity index (χ4v) is 7.49. The van der Waals surface area contributed by atoms with Crippen molar-refractivity contribution in [1.29, 1.82) is 0 Å². The van der Waals surface area contributed by atoms with Gasteiger partial charge >= 0.3 is 11.9 Å². The molecule has 2 aliphatic heterocycles. The Kier molecular flexibility index (Phi) is 7.72. The first-order valence-corrected chi connectivity index (χ1v) is 14.4. The van der Waals surface area contributed by atoms with Crippen molar-refractivity contribution in [3.8, 4) is 0 Å². The van der Waals surface area contributed by atoms with Gasteiger partial charge in [0.2, 0.25) is 0 Å². The van der Waals surface area contributed by atoms with Crippen molar-refractivity contribution in [2.75, 3.05) is 27.2 Å². The number of fused-ring (bicyclic) bond motifs is 2. The lowest BCUT2D eigenvalue weighted by molar-refractivity contribution is -0.155. The van der Waals surface area contributed by atoms with E-state index >= 15 is 0 Å². The van der Waals surface area contributed by atoms with Crippen molar-refractivity contribution in [1.82, 2.24) is 9.80 Å². The second-order valence-electron chi connectivity index (χ2n) is 11.7. The molecule has 0 N–H and O–H groups in total. The maximum absolute atomic E-state index is 12.8. The van der Waals surface area contributed by atoms with Crippen LogP contribution < -0.4 is 0 Å². The van der Waals surface area contributed by atoms with Gasteiger partial charge in [0.25, 0.3) is 0 Å². The fraction of sp³-hybridized carbons (Fsp3) is 0.412. The van der Waals surface area contributed by atoms with Crippen molar-refractivity contribution >= 4 is 11.9 Å². The van der Waals surface area contributed by atoms with Crippen LogP contribution >= 0.6 is 0 Å². The summed E-state index contributed by atoms with van der Waals surface area (Å²) < 4.78 is 11.8. The minimum atomic E-state index is -0.511. The van der Waals surface area contributed by atoms with Crippen molar-refractivity contribution in [3.63, 3.8) is 0 Å². The average Bonchev–Trinajstić information content (AvgIpc) is 3.47. The molecule has 0 bridgehead atoms. The third-order valence-electron chi connectivity index (χ3n) is 9.32. The van der Waals surface area contributed by atoms with Gasteiger partial charge in [-0.05, 0) is 49.9 Å². The summed E-state index contributed by atoms with van der Waals surface area (Å²) in [7, 11) is 4.01. The maximum atomic E-state index is 12.8. The lowest BCUT2D eigenvalue weighted by atomic mass is 9.74. The van der Waals surface area contributed by atoms with Gasteiger partial charge in [-0.2, -0.15) is 0 Å². The van der Waals surface area contributed by atoms with Gasteiger partial charge in [-0.15, -0.1) is 0 Å². The summed E-state index contributed by atoms with van der Waals surface area (Å²) in [6.07, 6.45) is 12.5. The van der Waals surface area contributed by atoms with Crippen LogP contribution in [-0.4, -0.2) is 61.4 Å². The van der Waals surface area contributed by atoms with Crippen LogP contribution in [0.25, 0.3) is 0 Å². The molecule has 4 aliphatic rings. The molecule has 0 spiro atoms. The van der Waals surface area contributed by atoms with E-state index in [0.29, 0.717) is 23.7 Å². The number of allylic oxidation sites excluding steroid dienone is 4. The van der Waals surface area contributed by atoms with Crippen molar-refractivity contribution in [2.45, 2.75) is 37.1 Å². The molecular weight excluding hydrogens is 500 g/mol. The standard InChI is InChI=1S/C34H38N2O4/c1-35-21-29-25(23-11-5-3-6-12-23)15-9-17-27(29)33(35)39-31(37)19-20-32(38)40-34-28-18-10-16-26(30(28)22-36(34)2)24-13-7-4-8-14-24/h3-16,19-20,25-30,33-34H,17-18,21-22H2,1-2H3/b20-19+. The van der Waals surface area contributed by atoms with E-state index in [1.165, 1.54) is 23.3 Å². The molecule has 2 aliphatic carbocycles. The van der Waals surface area contributed by atoms with Crippen LogP contribution in [0, 0.1) is 23.7 Å². The zero-order chi connectivity index (χ0) is 27.6. The number of benzene rings is 2. The molecule has 6 rings (SSSR count). The molecule has 0 radical (unpaired) electrons. The first kappa shape index (κ1) is 26.7. The lowest BCUT2D eigenvalue weighted by Crippen LogP contribution is -2.35. The molecule has 2 saturated heterocycles. The van der Waals surface area contributed by atoms with E-state index in [4.69, 9.17) is 9.47 Å². The predicted molar refractivity (Wildman–Crippen MR) is 154 cm³/mol. The van der Waals surface area contributed by atoms with Gasteiger partial charge in [0, 0.05) is 48.9 Å². The molecule has 40 heavy (non-hydrogen) atoms. The second kappa shape index (κ2) is 11.6. The Balaban J connectivity index is 1.06. The Morgan fingerprint density at radius 1 is 0.650 bits per heavy atom. The summed E-state index contributed by atoms with van der Waals surface area (Å²) in [5.74, 6) is 0.764. The molecular formula is C34H38N2O4. The molecule has 2 aromatic carbocycles. The molecule has 6 heteroatoms. The van der Waals surface area contributed by atoms with Crippen LogP contribution in [0.2, 0.25) is 0 Å². The summed E-state index contributed by atoms with van der Waals surface area (Å²) in [5, 5.41) is 0. The molecule has 0 saturated carbocycles. The van der Waals surface area contributed by atoms with E-state index in [9.17, 15) is 9.59 Å². The second-order valence-corrected chi connectivity index (χ2v) is 11.7. The number of esters is 2. The Morgan fingerprint density at radius 3 is 1.45 bits per heavy atom. The largest absolute Gasteiger partial charge is 0.443 e. The molecule has 8 atom stereocenters. The van der Waals surface area contributed by atoms with E-state index in [0.717, 1.165) is 25.9 Å². The number of carbonyl (C=O) groups is 2. The van der Waals surface area contributed by atoms with Crippen LogP contribution in [0.15, 0.2) is 97.1 Å². The monoisotopic (exact) mass is 538 g/mol. The van der Waals surface area contributed by atoms with Crippen molar-refractivity contribution in [3.05, 3.63) is 108 Å². The Hall–Kier alpha value is -3.48. The first-order valence-electron chi connectivity index (χ1n) is 14.4. The normalized spacial score (nSPS) is 33.5. The van der Waals surface area contributed by atoms with Gasteiger partial charge in [-0.25, -0.2) is 9.59 Å². The first-order chi connectivity index (χ1) is 19.5. The molecule has 2 fully saturated rings. The third-order valence-corrected chi connectivity index (χ3v) is 9.32. The fourth-order valence-electron chi connectivity index (χ4n) is 7.49. The quantitative estimate of drug-likeness (QED) is 0.289. The Bertz CT molecular complexity index is 1190. The highest BCUT2D eigenvalue weighted by molar-refractivity contribution is 5.91. The molecule has 8 unspecified atom stereocenters. The summed E-state index contributed by atoms with van der Waals surface area (Å²) in [5.41, 5.74) is 2.58. The van der Waals surface area contributed by atoms with E-state index in [2.05, 4.69) is 82.6 Å². The predicted octanol–water partition coefficient (Wildman–Crippen LogP) is 5.12. The van der Waals surface area contributed by atoms with Crippen LogP contribution in [0.4, 0.5) is 0 Å². The highest BCUT2D eigenvalue weighted by Crippen LogP contribution is 2.46. The number of hydrogen-bond acceptors (Lipinski definition) is 6. The van der Waals surface area contributed by atoms with E-state index in [-0.39, 0.29) is 24.3 Å². The van der Waals surface area contributed by atoms with Crippen molar-refractivity contribution in [2.24, 2.45) is 23.7 Å².